The minimum Gasteiger partial charge on any atom is -0.290 e. The van der Waals surface area contributed by atoms with Crippen LogP contribution in [0.3, 0.4) is 0 Å². The van der Waals surface area contributed by atoms with E-state index in [1.54, 1.807) is 6.07 Å². The predicted molar refractivity (Wildman–Crippen MR) is 70.6 cm³/mol. The Hall–Kier alpha value is -1.76. The summed E-state index contributed by atoms with van der Waals surface area (Å²) < 4.78 is 0. The van der Waals surface area contributed by atoms with Crippen molar-refractivity contribution in [2.24, 2.45) is 5.92 Å². The molecule has 0 saturated carbocycles. The van der Waals surface area contributed by atoms with Crippen LogP contribution in [0.25, 0.3) is 11.1 Å². The van der Waals surface area contributed by atoms with Gasteiger partial charge in [-0.1, -0.05) is 56.3 Å². The first-order valence-electron chi connectivity index (χ1n) is 6.03. The number of hydrogen-bond donors (Lipinski definition) is 0. The van der Waals surface area contributed by atoms with E-state index >= 15 is 0 Å². The van der Waals surface area contributed by atoms with Crippen molar-refractivity contribution in [1.82, 2.24) is 0 Å². The summed E-state index contributed by atoms with van der Waals surface area (Å²) >= 11 is 0. The summed E-state index contributed by atoms with van der Waals surface area (Å²) in [6, 6.07) is 15.6. The molecular weight excluding hydrogens is 208 g/mol. The lowest BCUT2D eigenvalue weighted by molar-refractivity contribution is 0.348. The van der Waals surface area contributed by atoms with E-state index in [0.29, 0.717) is 5.92 Å². The molecule has 0 aliphatic heterocycles. The molecule has 0 N–H and O–H groups in total. The summed E-state index contributed by atoms with van der Waals surface area (Å²) in [5, 5.41) is 11.9. The highest BCUT2D eigenvalue weighted by Gasteiger charge is 2.11. The second-order valence-electron chi connectivity index (χ2n) is 4.75. The van der Waals surface area contributed by atoms with Crippen molar-refractivity contribution in [2.75, 3.05) is 0 Å². The molecule has 2 aromatic carbocycles. The lowest BCUT2D eigenvalue weighted by atomic mass is 9.93. The highest BCUT2D eigenvalue weighted by molar-refractivity contribution is 5.69. The molecule has 87 valence electrons. The van der Waals surface area contributed by atoms with E-state index in [-0.39, 0.29) is 5.75 Å². The van der Waals surface area contributed by atoms with Gasteiger partial charge in [-0.05, 0) is 29.5 Å². The molecule has 0 bridgehead atoms. The molecule has 0 amide bonds. The third-order valence-electron chi connectivity index (χ3n) is 2.83. The normalized spacial score (nSPS) is 10.8. The minimum atomic E-state index is 0.153. The van der Waals surface area contributed by atoms with Gasteiger partial charge < -0.3 is 0 Å². The van der Waals surface area contributed by atoms with Crippen LogP contribution in [0.2, 0.25) is 0 Å². The molecule has 0 atom stereocenters. The number of benzene rings is 2. The summed E-state index contributed by atoms with van der Waals surface area (Å²) in [7, 11) is 0. The van der Waals surface area contributed by atoms with Crippen molar-refractivity contribution in [2.45, 2.75) is 20.3 Å². The first kappa shape index (κ1) is 11.7. The molecule has 0 saturated heterocycles. The Labute approximate surface area is 103 Å². The van der Waals surface area contributed by atoms with E-state index in [1.807, 2.05) is 30.3 Å². The van der Waals surface area contributed by atoms with E-state index in [9.17, 15) is 5.11 Å². The second kappa shape index (κ2) is 5.05. The van der Waals surface area contributed by atoms with E-state index in [4.69, 9.17) is 0 Å². The van der Waals surface area contributed by atoms with Crippen LogP contribution in [0.1, 0.15) is 19.4 Å². The van der Waals surface area contributed by atoms with Gasteiger partial charge in [0.1, 0.15) is 0 Å². The third-order valence-corrected chi connectivity index (χ3v) is 2.83. The second-order valence-corrected chi connectivity index (χ2v) is 4.75. The zero-order chi connectivity index (χ0) is 12.3. The fourth-order valence-electron chi connectivity index (χ4n) is 2.07. The molecule has 0 aliphatic rings. The summed E-state index contributed by atoms with van der Waals surface area (Å²) in [6.45, 7) is 4.28. The molecule has 1 nitrogen and oxygen atoms in total. The first-order valence-corrected chi connectivity index (χ1v) is 6.03. The Bertz CT molecular complexity index is 486. The lowest BCUT2D eigenvalue weighted by Gasteiger charge is -2.12. The van der Waals surface area contributed by atoms with Crippen LogP contribution in [0.4, 0.5) is 0 Å². The molecule has 17 heavy (non-hydrogen) atoms. The molecule has 0 heterocycles. The molecule has 1 radical (unpaired) electrons. The monoisotopic (exact) mass is 225 g/mol. The Morgan fingerprint density at radius 1 is 0.941 bits per heavy atom. The topological polar surface area (TPSA) is 19.9 Å². The quantitative estimate of drug-likeness (QED) is 0.721. The molecule has 0 fully saturated rings. The fraction of sp³-hybridized carbons (Fsp3) is 0.250. The first-order chi connectivity index (χ1) is 8.18. The Kier molecular flexibility index (Phi) is 3.48. The molecule has 0 unspecified atom stereocenters. The van der Waals surface area contributed by atoms with Crippen molar-refractivity contribution in [3.63, 3.8) is 0 Å². The summed E-state index contributed by atoms with van der Waals surface area (Å²) in [5.74, 6) is 0.646. The van der Waals surface area contributed by atoms with Crippen molar-refractivity contribution in [3.05, 3.63) is 54.1 Å². The summed E-state index contributed by atoms with van der Waals surface area (Å²) in [5.41, 5.74) is 3.14. The van der Waals surface area contributed by atoms with Gasteiger partial charge in [-0.15, -0.1) is 0 Å². The zero-order valence-electron chi connectivity index (χ0n) is 10.3. The van der Waals surface area contributed by atoms with Gasteiger partial charge in [0.25, 0.3) is 0 Å². The molecule has 2 rings (SSSR count). The highest BCUT2D eigenvalue weighted by Crippen LogP contribution is 2.32. The van der Waals surface area contributed by atoms with Crippen molar-refractivity contribution in [1.29, 1.82) is 0 Å². The van der Waals surface area contributed by atoms with Crippen molar-refractivity contribution < 1.29 is 5.11 Å². The number of rotatable bonds is 3. The Balaban J connectivity index is 2.50. The molecule has 0 aliphatic carbocycles. The lowest BCUT2D eigenvalue weighted by Crippen LogP contribution is -1.97. The molecule has 0 aromatic heterocycles. The van der Waals surface area contributed by atoms with E-state index in [0.717, 1.165) is 23.1 Å². The molecular formula is C16H17O. The largest absolute Gasteiger partial charge is 0.290 e. The number of hydrogen-bond acceptors (Lipinski definition) is 0. The Morgan fingerprint density at radius 3 is 2.29 bits per heavy atom. The highest BCUT2D eigenvalue weighted by atomic mass is 16.3. The van der Waals surface area contributed by atoms with Crippen molar-refractivity contribution >= 4 is 0 Å². The van der Waals surface area contributed by atoms with Gasteiger partial charge in [0.2, 0.25) is 0 Å². The van der Waals surface area contributed by atoms with Crippen LogP contribution in [-0.2, 0) is 11.5 Å². The van der Waals surface area contributed by atoms with Crippen molar-refractivity contribution in [3.8, 4) is 16.9 Å². The maximum absolute atomic E-state index is 11.9. The standard InChI is InChI=1S/C16H17O/c1-12(2)11-15-14(9-6-10-16(15)17)13-7-4-3-5-8-13/h3-10,12H,11H2,1-2H3. The average Bonchev–Trinajstić information content (AvgIpc) is 2.32. The third kappa shape index (κ3) is 2.68. The van der Waals surface area contributed by atoms with Gasteiger partial charge in [-0.25, -0.2) is 0 Å². The van der Waals surface area contributed by atoms with E-state index in [2.05, 4.69) is 26.0 Å². The van der Waals surface area contributed by atoms with Crippen LogP contribution < -0.4 is 0 Å². The molecule has 0 spiro atoms. The van der Waals surface area contributed by atoms with Gasteiger partial charge in [0.05, 0.1) is 0 Å². The molecule has 1 heteroatoms. The minimum absolute atomic E-state index is 0.153. The van der Waals surface area contributed by atoms with Crippen LogP contribution in [0.5, 0.6) is 5.75 Å². The smallest absolute Gasteiger partial charge is 0.182 e. The van der Waals surface area contributed by atoms with E-state index < -0.39 is 0 Å². The SMILES string of the molecule is CC(C)Cc1c([O])cccc1-c1ccccc1. The van der Waals surface area contributed by atoms with Gasteiger partial charge in [-0.2, -0.15) is 0 Å². The van der Waals surface area contributed by atoms with Crippen LogP contribution in [-0.4, -0.2) is 0 Å². The maximum Gasteiger partial charge on any atom is 0.182 e. The fourth-order valence-corrected chi connectivity index (χ4v) is 2.07. The van der Waals surface area contributed by atoms with Gasteiger partial charge in [0.15, 0.2) is 5.75 Å². The van der Waals surface area contributed by atoms with Gasteiger partial charge in [0, 0.05) is 5.56 Å². The van der Waals surface area contributed by atoms with Gasteiger partial charge >= 0.3 is 0 Å². The maximum atomic E-state index is 11.9. The van der Waals surface area contributed by atoms with Crippen LogP contribution >= 0.6 is 0 Å². The summed E-state index contributed by atoms with van der Waals surface area (Å²) in [4.78, 5) is 0. The predicted octanol–water partition coefficient (Wildman–Crippen LogP) is 4.70. The van der Waals surface area contributed by atoms with Crippen LogP contribution in [0, 0.1) is 5.92 Å². The molecule has 2 aromatic rings. The van der Waals surface area contributed by atoms with E-state index in [1.165, 1.54) is 0 Å². The zero-order valence-corrected chi connectivity index (χ0v) is 10.3. The summed E-state index contributed by atoms with van der Waals surface area (Å²) in [6.07, 6.45) is 0.837. The van der Waals surface area contributed by atoms with Crippen LogP contribution in [0.15, 0.2) is 48.5 Å². The van der Waals surface area contributed by atoms with Gasteiger partial charge in [-0.3, -0.25) is 5.11 Å². The average molecular weight is 225 g/mol. The Morgan fingerprint density at radius 2 is 1.65 bits per heavy atom.